The Hall–Kier alpha value is -2.09. The fourth-order valence-corrected chi connectivity index (χ4v) is 2.91. The number of carbonyl (C=O) groups is 1. The predicted octanol–water partition coefficient (Wildman–Crippen LogP) is 3.68. The van der Waals surface area contributed by atoms with Gasteiger partial charge in [0.15, 0.2) is 17.4 Å². The van der Waals surface area contributed by atoms with Crippen molar-refractivity contribution in [2.45, 2.75) is 38.5 Å². The van der Waals surface area contributed by atoms with E-state index in [-0.39, 0.29) is 12.2 Å². The molecular weight excluding hydrogens is 300 g/mol. The summed E-state index contributed by atoms with van der Waals surface area (Å²) in [5.41, 5.74) is -0.0586. The van der Waals surface area contributed by atoms with Crippen LogP contribution in [0.1, 0.15) is 48.9 Å². The number of ether oxygens (including phenoxy) is 1. The van der Waals surface area contributed by atoms with E-state index in [1.165, 1.54) is 32.1 Å². The summed E-state index contributed by atoms with van der Waals surface area (Å²) in [5, 5.41) is 2.72. The lowest BCUT2D eigenvalue weighted by atomic mass is 9.87. The van der Waals surface area contributed by atoms with Gasteiger partial charge >= 0.3 is 0 Å². The minimum absolute atomic E-state index is 0.0586. The van der Waals surface area contributed by atoms with Gasteiger partial charge in [-0.05, 0) is 24.5 Å². The van der Waals surface area contributed by atoms with Gasteiger partial charge in [-0.3, -0.25) is 4.79 Å². The van der Waals surface area contributed by atoms with Crippen molar-refractivity contribution < 1.29 is 18.3 Å². The lowest BCUT2D eigenvalue weighted by molar-refractivity contribution is 0.0949. The average Bonchev–Trinajstić information content (AvgIpc) is 2.55. The van der Waals surface area contributed by atoms with Crippen LogP contribution in [0.15, 0.2) is 12.1 Å². The van der Waals surface area contributed by atoms with E-state index in [1.54, 1.807) is 0 Å². The highest BCUT2D eigenvalue weighted by molar-refractivity contribution is 5.94. The molecular formula is C18H21F2NO2. The number of hydrogen-bond acceptors (Lipinski definition) is 2. The predicted molar refractivity (Wildman–Crippen MR) is 84.2 cm³/mol. The largest absolute Gasteiger partial charge is 0.475 e. The second kappa shape index (κ2) is 8.52. The Morgan fingerprint density at radius 1 is 1.26 bits per heavy atom. The Morgan fingerprint density at radius 2 is 1.91 bits per heavy atom. The molecule has 1 N–H and O–H groups in total. The average molecular weight is 321 g/mol. The van der Waals surface area contributed by atoms with Crippen LogP contribution in [0.4, 0.5) is 8.78 Å². The molecule has 0 aliphatic heterocycles. The fraction of sp³-hybridized carbons (Fsp3) is 0.500. The number of rotatable bonds is 6. The number of benzene rings is 1. The molecule has 3 nitrogen and oxygen atoms in total. The van der Waals surface area contributed by atoms with E-state index >= 15 is 0 Å². The van der Waals surface area contributed by atoms with Gasteiger partial charge in [0.25, 0.3) is 5.91 Å². The first-order valence-electron chi connectivity index (χ1n) is 7.95. The van der Waals surface area contributed by atoms with Crippen molar-refractivity contribution in [3.8, 4) is 18.1 Å². The van der Waals surface area contributed by atoms with Gasteiger partial charge in [-0.25, -0.2) is 8.78 Å². The van der Waals surface area contributed by atoms with Crippen molar-refractivity contribution in [2.24, 2.45) is 5.92 Å². The maximum Gasteiger partial charge on any atom is 0.251 e. The van der Waals surface area contributed by atoms with Crippen LogP contribution >= 0.6 is 0 Å². The van der Waals surface area contributed by atoms with E-state index in [2.05, 4.69) is 11.2 Å². The first-order chi connectivity index (χ1) is 11.1. The highest BCUT2D eigenvalue weighted by atomic mass is 19.1. The molecule has 2 rings (SSSR count). The SMILES string of the molecule is C#CCOc1c(F)cc(C(=O)NCCC2CCCCC2)cc1F. The summed E-state index contributed by atoms with van der Waals surface area (Å²) < 4.78 is 32.4. The summed E-state index contributed by atoms with van der Waals surface area (Å²) in [7, 11) is 0. The summed E-state index contributed by atoms with van der Waals surface area (Å²) in [6, 6.07) is 1.93. The number of hydrogen-bond donors (Lipinski definition) is 1. The normalized spacial score (nSPS) is 15.0. The summed E-state index contributed by atoms with van der Waals surface area (Å²) >= 11 is 0. The molecule has 1 aromatic carbocycles. The molecule has 124 valence electrons. The zero-order valence-electron chi connectivity index (χ0n) is 13.0. The molecule has 1 aliphatic rings. The summed E-state index contributed by atoms with van der Waals surface area (Å²) in [6.07, 6.45) is 12.1. The van der Waals surface area contributed by atoms with Crippen LogP contribution in [0, 0.1) is 29.9 Å². The summed E-state index contributed by atoms with van der Waals surface area (Å²) in [4.78, 5) is 12.0. The van der Waals surface area contributed by atoms with Crippen LogP contribution in [0.3, 0.4) is 0 Å². The zero-order chi connectivity index (χ0) is 16.7. The molecule has 1 aliphatic carbocycles. The highest BCUT2D eigenvalue weighted by Crippen LogP contribution is 2.26. The summed E-state index contributed by atoms with van der Waals surface area (Å²) in [5.74, 6) is -0.135. The molecule has 0 unspecified atom stereocenters. The van der Waals surface area contributed by atoms with Crippen molar-refractivity contribution in [1.29, 1.82) is 0 Å². The third kappa shape index (κ3) is 4.95. The molecule has 1 amide bonds. The molecule has 1 aromatic rings. The lowest BCUT2D eigenvalue weighted by Gasteiger charge is -2.21. The third-order valence-electron chi connectivity index (χ3n) is 4.12. The first-order valence-corrected chi connectivity index (χ1v) is 7.95. The van der Waals surface area contributed by atoms with Crippen molar-refractivity contribution in [2.75, 3.05) is 13.2 Å². The van der Waals surface area contributed by atoms with Crippen LogP contribution in [-0.2, 0) is 0 Å². The number of amides is 1. The molecule has 0 radical (unpaired) electrons. The molecule has 0 spiro atoms. The van der Waals surface area contributed by atoms with Gasteiger partial charge in [-0.15, -0.1) is 6.42 Å². The van der Waals surface area contributed by atoms with Gasteiger partial charge in [-0.2, -0.15) is 0 Å². The molecule has 1 saturated carbocycles. The number of halogens is 2. The first kappa shape index (κ1) is 17.3. The van der Waals surface area contributed by atoms with Crippen LogP contribution in [0.2, 0.25) is 0 Å². The minimum atomic E-state index is -0.933. The number of nitrogens with one attached hydrogen (secondary N) is 1. The minimum Gasteiger partial charge on any atom is -0.475 e. The van der Waals surface area contributed by atoms with Gasteiger partial charge in [0.1, 0.15) is 6.61 Å². The topological polar surface area (TPSA) is 38.3 Å². The zero-order valence-corrected chi connectivity index (χ0v) is 13.0. The van der Waals surface area contributed by atoms with E-state index < -0.39 is 23.3 Å². The Morgan fingerprint density at radius 3 is 2.52 bits per heavy atom. The Balaban J connectivity index is 1.90. The van der Waals surface area contributed by atoms with Gasteiger partial charge in [0.05, 0.1) is 0 Å². The van der Waals surface area contributed by atoms with Crippen LogP contribution in [0.25, 0.3) is 0 Å². The van der Waals surface area contributed by atoms with Gasteiger partial charge in [-0.1, -0.05) is 38.0 Å². The maximum atomic E-state index is 13.8. The lowest BCUT2D eigenvalue weighted by Crippen LogP contribution is -2.26. The second-order valence-electron chi connectivity index (χ2n) is 5.81. The monoisotopic (exact) mass is 321 g/mol. The molecule has 0 atom stereocenters. The van der Waals surface area contributed by atoms with E-state index in [1.807, 2.05) is 0 Å². The quantitative estimate of drug-likeness (QED) is 0.812. The van der Waals surface area contributed by atoms with Crippen LogP contribution < -0.4 is 10.1 Å². The standard InChI is InChI=1S/C18H21F2NO2/c1-2-10-23-17-15(19)11-14(12-16(17)20)18(22)21-9-8-13-6-4-3-5-7-13/h1,11-13H,3-10H2,(H,21,22). The van der Waals surface area contributed by atoms with E-state index in [0.717, 1.165) is 18.6 Å². The number of carbonyl (C=O) groups excluding carboxylic acids is 1. The van der Waals surface area contributed by atoms with E-state index in [0.29, 0.717) is 12.5 Å². The maximum absolute atomic E-state index is 13.8. The van der Waals surface area contributed by atoms with Crippen molar-refractivity contribution in [3.63, 3.8) is 0 Å². The Kier molecular flexibility index (Phi) is 6.40. The molecule has 0 heterocycles. The van der Waals surface area contributed by atoms with Crippen LogP contribution in [-0.4, -0.2) is 19.1 Å². The van der Waals surface area contributed by atoms with E-state index in [4.69, 9.17) is 11.2 Å². The Bertz CT molecular complexity index is 566. The second-order valence-corrected chi connectivity index (χ2v) is 5.81. The molecule has 1 fully saturated rings. The van der Waals surface area contributed by atoms with Gasteiger partial charge < -0.3 is 10.1 Å². The Labute approximate surface area is 135 Å². The van der Waals surface area contributed by atoms with Crippen molar-refractivity contribution in [3.05, 3.63) is 29.3 Å². The van der Waals surface area contributed by atoms with E-state index in [9.17, 15) is 13.6 Å². The molecule has 0 aromatic heterocycles. The third-order valence-corrected chi connectivity index (χ3v) is 4.12. The van der Waals surface area contributed by atoms with Crippen molar-refractivity contribution >= 4 is 5.91 Å². The molecule has 5 heteroatoms. The smallest absolute Gasteiger partial charge is 0.251 e. The van der Waals surface area contributed by atoms with Crippen molar-refractivity contribution in [1.82, 2.24) is 5.32 Å². The van der Waals surface area contributed by atoms with Gasteiger partial charge in [0.2, 0.25) is 0 Å². The highest BCUT2D eigenvalue weighted by Gasteiger charge is 2.17. The number of terminal acetylenes is 1. The molecule has 23 heavy (non-hydrogen) atoms. The molecule has 0 bridgehead atoms. The fourth-order valence-electron chi connectivity index (χ4n) is 2.91. The molecule has 0 saturated heterocycles. The van der Waals surface area contributed by atoms with Crippen LogP contribution in [0.5, 0.6) is 5.75 Å². The van der Waals surface area contributed by atoms with Gasteiger partial charge in [0, 0.05) is 12.1 Å². The summed E-state index contributed by atoms with van der Waals surface area (Å²) in [6.45, 7) is 0.281.